The molecule has 0 aliphatic heterocycles. The molecule has 0 saturated heterocycles. The molecule has 2 aromatic rings. The van der Waals surface area contributed by atoms with E-state index in [2.05, 4.69) is 12.0 Å². The second-order valence-electron chi connectivity index (χ2n) is 4.51. The van der Waals surface area contributed by atoms with Crippen molar-refractivity contribution >= 4 is 0 Å². The lowest BCUT2D eigenvalue weighted by atomic mass is 10.1. The van der Waals surface area contributed by atoms with E-state index in [4.69, 9.17) is 4.74 Å². The van der Waals surface area contributed by atoms with E-state index in [0.717, 1.165) is 12.0 Å². The maximum Gasteiger partial charge on any atom is 0.267 e. The molecule has 5 heteroatoms. The minimum absolute atomic E-state index is 0.0987. The molecule has 0 saturated carbocycles. The average molecular weight is 274 g/mol. The van der Waals surface area contributed by atoms with Crippen molar-refractivity contribution in [1.82, 2.24) is 9.78 Å². The fourth-order valence-corrected chi connectivity index (χ4v) is 1.91. The van der Waals surface area contributed by atoms with Crippen LogP contribution in [0.2, 0.25) is 0 Å². The second-order valence-corrected chi connectivity index (χ2v) is 4.51. The molecule has 0 spiro atoms. The predicted octanol–water partition coefficient (Wildman–Crippen LogP) is 1.55. The van der Waals surface area contributed by atoms with Gasteiger partial charge in [0.1, 0.15) is 0 Å². The number of aryl methyl sites for hydroxylation is 1. The first kappa shape index (κ1) is 14.3. The van der Waals surface area contributed by atoms with Crippen LogP contribution in [0.15, 0.2) is 41.2 Å². The Morgan fingerprint density at radius 3 is 2.55 bits per heavy atom. The molecular formula is C15H18N2O3. The molecule has 1 aromatic heterocycles. The SMILES string of the molecule is CCc1ccc(C(O)Cn2nc(OC)ccc2=O)cc1. The van der Waals surface area contributed by atoms with Crippen LogP contribution in [0, 0.1) is 0 Å². The molecule has 0 bridgehead atoms. The van der Waals surface area contributed by atoms with Gasteiger partial charge in [0.15, 0.2) is 0 Å². The van der Waals surface area contributed by atoms with Crippen molar-refractivity contribution in [3.8, 4) is 5.88 Å². The Morgan fingerprint density at radius 2 is 1.95 bits per heavy atom. The van der Waals surface area contributed by atoms with Gasteiger partial charge in [0.25, 0.3) is 5.56 Å². The minimum atomic E-state index is -0.779. The molecule has 0 radical (unpaired) electrons. The molecular weight excluding hydrogens is 256 g/mol. The van der Waals surface area contributed by atoms with E-state index >= 15 is 0 Å². The molecule has 1 unspecified atom stereocenters. The standard InChI is InChI=1S/C15H18N2O3/c1-3-11-4-6-12(7-5-11)13(18)10-17-15(19)9-8-14(16-17)20-2/h4-9,13,18H,3,10H2,1-2H3. The summed E-state index contributed by atoms with van der Waals surface area (Å²) in [5.41, 5.74) is 1.70. The Bertz CT molecular complexity index is 620. The van der Waals surface area contributed by atoms with Crippen LogP contribution in [0.5, 0.6) is 5.88 Å². The molecule has 0 fully saturated rings. The Morgan fingerprint density at radius 1 is 1.25 bits per heavy atom. The summed E-state index contributed by atoms with van der Waals surface area (Å²) in [6.07, 6.45) is 0.172. The Kier molecular flexibility index (Phi) is 4.53. The van der Waals surface area contributed by atoms with Crippen LogP contribution in [-0.4, -0.2) is 22.0 Å². The van der Waals surface area contributed by atoms with Gasteiger partial charge < -0.3 is 9.84 Å². The van der Waals surface area contributed by atoms with E-state index in [-0.39, 0.29) is 12.1 Å². The zero-order chi connectivity index (χ0) is 14.5. The summed E-state index contributed by atoms with van der Waals surface area (Å²) in [6.45, 7) is 2.17. The topological polar surface area (TPSA) is 64.3 Å². The number of nitrogens with zero attached hydrogens (tertiary/aromatic N) is 2. The van der Waals surface area contributed by atoms with Gasteiger partial charge in [-0.25, -0.2) is 4.68 Å². The Labute approximate surface area is 117 Å². The Hall–Kier alpha value is -2.14. The number of hydrogen-bond acceptors (Lipinski definition) is 4. The molecule has 0 amide bonds. The van der Waals surface area contributed by atoms with Gasteiger partial charge in [-0.1, -0.05) is 31.2 Å². The number of hydrogen-bond donors (Lipinski definition) is 1. The summed E-state index contributed by atoms with van der Waals surface area (Å²) in [6, 6.07) is 10.6. The maximum absolute atomic E-state index is 11.7. The molecule has 2 rings (SSSR count). The molecule has 106 valence electrons. The van der Waals surface area contributed by atoms with Crippen LogP contribution in [0.1, 0.15) is 24.2 Å². The first-order valence-corrected chi connectivity index (χ1v) is 6.53. The average Bonchev–Trinajstić information content (AvgIpc) is 2.49. The van der Waals surface area contributed by atoms with Crippen LogP contribution in [-0.2, 0) is 13.0 Å². The molecule has 5 nitrogen and oxygen atoms in total. The highest BCUT2D eigenvalue weighted by atomic mass is 16.5. The minimum Gasteiger partial charge on any atom is -0.480 e. The number of benzene rings is 1. The third-order valence-corrected chi connectivity index (χ3v) is 3.17. The summed E-state index contributed by atoms with van der Waals surface area (Å²) in [4.78, 5) is 11.7. The quantitative estimate of drug-likeness (QED) is 0.898. The second kappa shape index (κ2) is 6.34. The van der Waals surface area contributed by atoms with Crippen molar-refractivity contribution in [1.29, 1.82) is 0 Å². The van der Waals surface area contributed by atoms with Gasteiger partial charge >= 0.3 is 0 Å². The summed E-state index contributed by atoms with van der Waals surface area (Å²) in [5.74, 6) is 0.345. The molecule has 0 aliphatic carbocycles. The number of aliphatic hydroxyl groups excluding tert-OH is 1. The fourth-order valence-electron chi connectivity index (χ4n) is 1.91. The number of rotatable bonds is 5. The van der Waals surface area contributed by atoms with Gasteiger partial charge in [-0.15, -0.1) is 5.10 Å². The smallest absolute Gasteiger partial charge is 0.267 e. The van der Waals surface area contributed by atoms with Crippen molar-refractivity contribution in [3.63, 3.8) is 0 Å². The van der Waals surface area contributed by atoms with Gasteiger partial charge in [0.2, 0.25) is 5.88 Å². The summed E-state index contributed by atoms with van der Waals surface area (Å²) < 4.78 is 6.18. The summed E-state index contributed by atoms with van der Waals surface area (Å²) >= 11 is 0. The van der Waals surface area contributed by atoms with E-state index in [1.165, 1.54) is 29.5 Å². The summed E-state index contributed by atoms with van der Waals surface area (Å²) in [5, 5.41) is 14.2. The predicted molar refractivity (Wildman–Crippen MR) is 75.8 cm³/mol. The van der Waals surface area contributed by atoms with Gasteiger partial charge in [0.05, 0.1) is 19.8 Å². The van der Waals surface area contributed by atoms with E-state index in [1.54, 1.807) is 0 Å². The van der Waals surface area contributed by atoms with Gasteiger partial charge in [-0.2, -0.15) is 0 Å². The van der Waals surface area contributed by atoms with Crippen LogP contribution in [0.4, 0.5) is 0 Å². The van der Waals surface area contributed by atoms with Crippen molar-refractivity contribution in [3.05, 3.63) is 57.9 Å². The Balaban J connectivity index is 2.18. The van der Waals surface area contributed by atoms with Crippen molar-refractivity contribution in [2.45, 2.75) is 26.0 Å². The molecule has 20 heavy (non-hydrogen) atoms. The van der Waals surface area contributed by atoms with Crippen LogP contribution < -0.4 is 10.3 Å². The third-order valence-electron chi connectivity index (χ3n) is 3.17. The highest BCUT2D eigenvalue weighted by Gasteiger charge is 2.11. The lowest BCUT2D eigenvalue weighted by molar-refractivity contribution is 0.148. The van der Waals surface area contributed by atoms with E-state index in [0.29, 0.717) is 5.88 Å². The lowest BCUT2D eigenvalue weighted by Crippen LogP contribution is -2.25. The van der Waals surface area contributed by atoms with Crippen LogP contribution in [0.3, 0.4) is 0 Å². The maximum atomic E-state index is 11.7. The molecule has 0 aliphatic rings. The molecule has 1 aromatic carbocycles. The van der Waals surface area contributed by atoms with Gasteiger partial charge in [-0.05, 0) is 17.5 Å². The highest BCUT2D eigenvalue weighted by molar-refractivity contribution is 5.24. The first-order valence-electron chi connectivity index (χ1n) is 6.53. The van der Waals surface area contributed by atoms with E-state index < -0.39 is 6.10 Å². The van der Waals surface area contributed by atoms with Crippen molar-refractivity contribution < 1.29 is 9.84 Å². The lowest BCUT2D eigenvalue weighted by Gasteiger charge is -2.13. The number of aliphatic hydroxyl groups is 1. The number of ether oxygens (including phenoxy) is 1. The first-order chi connectivity index (χ1) is 9.63. The van der Waals surface area contributed by atoms with E-state index in [9.17, 15) is 9.90 Å². The van der Waals surface area contributed by atoms with Crippen LogP contribution in [0.25, 0.3) is 0 Å². The normalized spacial score (nSPS) is 12.2. The highest BCUT2D eigenvalue weighted by Crippen LogP contribution is 2.15. The molecule has 1 atom stereocenters. The zero-order valence-corrected chi connectivity index (χ0v) is 11.6. The zero-order valence-electron chi connectivity index (χ0n) is 11.6. The number of aromatic nitrogens is 2. The molecule has 1 heterocycles. The third kappa shape index (κ3) is 3.24. The van der Waals surface area contributed by atoms with Gasteiger partial charge in [-0.3, -0.25) is 4.79 Å². The van der Waals surface area contributed by atoms with Crippen LogP contribution >= 0.6 is 0 Å². The monoisotopic (exact) mass is 274 g/mol. The molecule has 1 N–H and O–H groups in total. The largest absolute Gasteiger partial charge is 0.480 e. The fraction of sp³-hybridized carbons (Fsp3) is 0.333. The number of methoxy groups -OCH3 is 1. The van der Waals surface area contributed by atoms with Crippen molar-refractivity contribution in [2.24, 2.45) is 0 Å². The summed E-state index contributed by atoms with van der Waals surface area (Å²) in [7, 11) is 1.48. The van der Waals surface area contributed by atoms with Gasteiger partial charge in [0, 0.05) is 12.1 Å². The van der Waals surface area contributed by atoms with E-state index in [1.807, 2.05) is 24.3 Å². The van der Waals surface area contributed by atoms with Crippen molar-refractivity contribution in [2.75, 3.05) is 7.11 Å².